The Labute approximate surface area is 106 Å². The first kappa shape index (κ1) is 14.2. The van der Waals surface area contributed by atoms with Crippen LogP contribution in [0.15, 0.2) is 24.3 Å². The van der Waals surface area contributed by atoms with E-state index in [4.69, 9.17) is 0 Å². The van der Waals surface area contributed by atoms with Gasteiger partial charge in [-0.25, -0.2) is 0 Å². The van der Waals surface area contributed by atoms with Crippen LogP contribution < -0.4 is 5.32 Å². The lowest BCUT2D eigenvalue weighted by Crippen LogP contribution is -2.19. The third-order valence-electron chi connectivity index (χ3n) is 3.15. The maximum absolute atomic E-state index is 3.34. The Balaban J connectivity index is 2.30. The summed E-state index contributed by atoms with van der Waals surface area (Å²) in [4.78, 5) is 2.36. The second-order valence-electron chi connectivity index (χ2n) is 4.60. The third kappa shape index (κ3) is 5.85. The van der Waals surface area contributed by atoms with Gasteiger partial charge in [0.15, 0.2) is 0 Å². The summed E-state index contributed by atoms with van der Waals surface area (Å²) in [5.74, 6) is 0. The minimum atomic E-state index is 0.982. The van der Waals surface area contributed by atoms with Crippen molar-refractivity contribution in [3.63, 3.8) is 0 Å². The molecule has 0 unspecified atom stereocenters. The molecule has 0 bridgehead atoms. The van der Waals surface area contributed by atoms with Crippen LogP contribution >= 0.6 is 0 Å². The Hall–Kier alpha value is -0.860. The van der Waals surface area contributed by atoms with Gasteiger partial charge in [0.1, 0.15) is 0 Å². The van der Waals surface area contributed by atoms with Gasteiger partial charge in [-0.05, 0) is 50.7 Å². The predicted molar refractivity (Wildman–Crippen MR) is 75.3 cm³/mol. The number of nitrogens with one attached hydrogen (secondary N) is 1. The van der Waals surface area contributed by atoms with Crippen molar-refractivity contribution in [2.45, 2.75) is 33.2 Å². The van der Waals surface area contributed by atoms with E-state index >= 15 is 0 Å². The molecule has 0 amide bonds. The van der Waals surface area contributed by atoms with E-state index in [1.807, 2.05) is 0 Å². The van der Waals surface area contributed by atoms with Gasteiger partial charge in [-0.2, -0.15) is 0 Å². The lowest BCUT2D eigenvalue weighted by molar-refractivity contribution is 0.347. The Kier molecular flexibility index (Phi) is 6.90. The molecule has 96 valence electrons. The summed E-state index contributed by atoms with van der Waals surface area (Å²) >= 11 is 0. The van der Waals surface area contributed by atoms with Crippen molar-refractivity contribution in [3.05, 3.63) is 35.4 Å². The molecule has 1 rings (SSSR count). The summed E-state index contributed by atoms with van der Waals surface area (Å²) < 4.78 is 0. The molecule has 1 aromatic carbocycles. The minimum Gasteiger partial charge on any atom is -0.313 e. The van der Waals surface area contributed by atoms with Crippen LogP contribution in [0.5, 0.6) is 0 Å². The minimum absolute atomic E-state index is 0.982. The number of benzene rings is 1. The van der Waals surface area contributed by atoms with E-state index in [1.165, 1.54) is 30.5 Å². The molecule has 0 saturated heterocycles. The first-order chi connectivity index (χ1) is 8.26. The highest BCUT2D eigenvalue weighted by Gasteiger charge is 1.97. The zero-order valence-electron chi connectivity index (χ0n) is 11.5. The van der Waals surface area contributed by atoms with Gasteiger partial charge in [-0.15, -0.1) is 0 Å². The standard InChI is InChI=1S/C15H26N2/c1-4-16-13-15-10-8-14(9-11-15)7-6-12-17(3)5-2/h8-11,16H,4-7,12-13H2,1-3H3. The molecule has 0 atom stereocenters. The summed E-state index contributed by atoms with van der Waals surface area (Å²) in [5, 5.41) is 3.34. The van der Waals surface area contributed by atoms with Crippen LogP contribution in [0.25, 0.3) is 0 Å². The van der Waals surface area contributed by atoms with Crippen molar-refractivity contribution in [1.29, 1.82) is 0 Å². The van der Waals surface area contributed by atoms with Crippen molar-refractivity contribution in [3.8, 4) is 0 Å². The number of rotatable bonds is 8. The number of hydrogen-bond acceptors (Lipinski definition) is 2. The van der Waals surface area contributed by atoms with Crippen molar-refractivity contribution in [2.24, 2.45) is 0 Å². The largest absolute Gasteiger partial charge is 0.313 e. The molecule has 0 saturated carbocycles. The fraction of sp³-hybridized carbons (Fsp3) is 0.600. The van der Waals surface area contributed by atoms with E-state index < -0.39 is 0 Å². The van der Waals surface area contributed by atoms with Crippen LogP contribution in [0.2, 0.25) is 0 Å². The van der Waals surface area contributed by atoms with Gasteiger partial charge in [0.05, 0.1) is 0 Å². The van der Waals surface area contributed by atoms with Crippen LogP contribution in [0.4, 0.5) is 0 Å². The molecule has 0 aliphatic carbocycles. The molecule has 2 heteroatoms. The summed E-state index contributed by atoms with van der Waals surface area (Å²) in [6.07, 6.45) is 2.43. The van der Waals surface area contributed by atoms with Crippen LogP contribution in [0.1, 0.15) is 31.4 Å². The summed E-state index contributed by atoms with van der Waals surface area (Å²) in [6, 6.07) is 9.00. The molecule has 0 spiro atoms. The van der Waals surface area contributed by atoms with Crippen LogP contribution in [-0.2, 0) is 13.0 Å². The van der Waals surface area contributed by atoms with Gasteiger partial charge in [0.25, 0.3) is 0 Å². The molecular formula is C15H26N2. The fourth-order valence-corrected chi connectivity index (χ4v) is 1.80. The maximum Gasteiger partial charge on any atom is 0.0205 e. The molecule has 2 nitrogen and oxygen atoms in total. The number of nitrogens with zero attached hydrogens (tertiary/aromatic N) is 1. The van der Waals surface area contributed by atoms with E-state index in [9.17, 15) is 0 Å². The summed E-state index contributed by atoms with van der Waals surface area (Å²) in [6.45, 7) is 8.69. The average Bonchev–Trinajstić information content (AvgIpc) is 2.37. The summed E-state index contributed by atoms with van der Waals surface area (Å²) in [5.41, 5.74) is 2.83. The Morgan fingerprint density at radius 3 is 2.29 bits per heavy atom. The van der Waals surface area contributed by atoms with Crippen LogP contribution in [-0.4, -0.2) is 31.6 Å². The third-order valence-corrected chi connectivity index (χ3v) is 3.15. The molecule has 0 radical (unpaired) electrons. The fourth-order valence-electron chi connectivity index (χ4n) is 1.80. The number of aryl methyl sites for hydroxylation is 1. The van der Waals surface area contributed by atoms with Gasteiger partial charge < -0.3 is 10.2 Å². The second-order valence-corrected chi connectivity index (χ2v) is 4.60. The Morgan fingerprint density at radius 2 is 1.71 bits per heavy atom. The van der Waals surface area contributed by atoms with E-state index in [2.05, 4.69) is 55.4 Å². The van der Waals surface area contributed by atoms with Crippen molar-refractivity contribution < 1.29 is 0 Å². The van der Waals surface area contributed by atoms with E-state index in [0.29, 0.717) is 0 Å². The van der Waals surface area contributed by atoms with Gasteiger partial charge in [0.2, 0.25) is 0 Å². The molecule has 0 aliphatic rings. The molecule has 17 heavy (non-hydrogen) atoms. The monoisotopic (exact) mass is 234 g/mol. The lowest BCUT2D eigenvalue weighted by Gasteiger charge is -2.13. The first-order valence-corrected chi connectivity index (χ1v) is 6.73. The maximum atomic E-state index is 3.34. The second kappa shape index (κ2) is 8.26. The summed E-state index contributed by atoms with van der Waals surface area (Å²) in [7, 11) is 2.18. The average molecular weight is 234 g/mol. The Bertz CT molecular complexity index is 292. The smallest absolute Gasteiger partial charge is 0.0205 e. The molecule has 0 fully saturated rings. The molecule has 0 heterocycles. The van der Waals surface area contributed by atoms with Gasteiger partial charge in [-0.1, -0.05) is 38.1 Å². The zero-order valence-corrected chi connectivity index (χ0v) is 11.5. The highest BCUT2D eigenvalue weighted by Crippen LogP contribution is 2.07. The number of hydrogen-bond donors (Lipinski definition) is 1. The zero-order chi connectivity index (χ0) is 12.5. The van der Waals surface area contributed by atoms with Crippen molar-refractivity contribution in [2.75, 3.05) is 26.7 Å². The quantitative estimate of drug-likeness (QED) is 0.744. The topological polar surface area (TPSA) is 15.3 Å². The van der Waals surface area contributed by atoms with E-state index in [-0.39, 0.29) is 0 Å². The molecule has 1 N–H and O–H groups in total. The lowest BCUT2D eigenvalue weighted by atomic mass is 10.1. The van der Waals surface area contributed by atoms with Crippen molar-refractivity contribution >= 4 is 0 Å². The Morgan fingerprint density at radius 1 is 1.06 bits per heavy atom. The highest BCUT2D eigenvalue weighted by molar-refractivity contribution is 5.22. The first-order valence-electron chi connectivity index (χ1n) is 6.73. The van der Waals surface area contributed by atoms with Crippen LogP contribution in [0, 0.1) is 0 Å². The van der Waals surface area contributed by atoms with E-state index in [0.717, 1.165) is 19.6 Å². The molecule has 1 aromatic rings. The van der Waals surface area contributed by atoms with Gasteiger partial charge >= 0.3 is 0 Å². The normalized spacial score (nSPS) is 11.1. The highest BCUT2D eigenvalue weighted by atomic mass is 15.1. The van der Waals surface area contributed by atoms with Gasteiger partial charge in [-0.3, -0.25) is 0 Å². The molecule has 0 aliphatic heterocycles. The van der Waals surface area contributed by atoms with Crippen molar-refractivity contribution in [1.82, 2.24) is 10.2 Å². The molecule has 0 aromatic heterocycles. The van der Waals surface area contributed by atoms with E-state index in [1.54, 1.807) is 0 Å². The SMILES string of the molecule is CCNCc1ccc(CCCN(C)CC)cc1. The van der Waals surface area contributed by atoms with Gasteiger partial charge in [0, 0.05) is 6.54 Å². The van der Waals surface area contributed by atoms with Crippen LogP contribution in [0.3, 0.4) is 0 Å². The molecular weight excluding hydrogens is 208 g/mol. The predicted octanol–water partition coefficient (Wildman–Crippen LogP) is 2.68.